The van der Waals surface area contributed by atoms with E-state index in [-0.39, 0.29) is 24.0 Å². The number of hydrogen-bond donors (Lipinski definition) is 2. The van der Waals surface area contributed by atoms with Gasteiger partial charge in [-0.2, -0.15) is 4.57 Å². The summed E-state index contributed by atoms with van der Waals surface area (Å²) in [6.07, 6.45) is 1.12. The van der Waals surface area contributed by atoms with Crippen molar-refractivity contribution < 1.29 is 33.3 Å². The van der Waals surface area contributed by atoms with Crippen molar-refractivity contribution in [1.82, 2.24) is 9.88 Å². The van der Waals surface area contributed by atoms with Crippen LogP contribution in [0.1, 0.15) is 6.42 Å². The number of nitrogens with zero attached hydrogens (tertiary/aromatic N) is 2. The first-order chi connectivity index (χ1) is 13.8. The fourth-order valence-electron chi connectivity index (χ4n) is 4.41. The Morgan fingerprint density at radius 1 is 1.03 bits per heavy atom. The topological polar surface area (TPSA) is 44.2 Å². The summed E-state index contributed by atoms with van der Waals surface area (Å²) in [7, 11) is 2.16. The smallest absolute Gasteiger partial charge is 0.240 e. The van der Waals surface area contributed by atoms with E-state index in [1.807, 2.05) is 0 Å². The van der Waals surface area contributed by atoms with Gasteiger partial charge in [-0.25, -0.2) is 0 Å². The molecule has 1 fully saturated rings. The van der Waals surface area contributed by atoms with Crippen LogP contribution in [0.15, 0.2) is 48.5 Å². The lowest BCUT2D eigenvalue weighted by atomic mass is 10.1. The number of H-pyrrole nitrogens is 1. The molecule has 0 spiro atoms. The Hall–Kier alpha value is -1.90. The van der Waals surface area contributed by atoms with Gasteiger partial charge in [-0.05, 0) is 31.2 Å². The number of ether oxygens (including phenoxy) is 1. The van der Waals surface area contributed by atoms with E-state index in [0.29, 0.717) is 0 Å². The van der Waals surface area contributed by atoms with Crippen molar-refractivity contribution in [2.24, 2.45) is 7.05 Å². The number of benzene rings is 2. The number of para-hydroxylation sites is 2. The van der Waals surface area contributed by atoms with E-state index in [0.717, 1.165) is 45.8 Å². The van der Waals surface area contributed by atoms with Crippen molar-refractivity contribution in [2.45, 2.75) is 6.42 Å². The van der Waals surface area contributed by atoms with Crippen molar-refractivity contribution in [3.8, 4) is 0 Å². The van der Waals surface area contributed by atoms with Gasteiger partial charge in [-0.1, -0.05) is 24.3 Å². The van der Waals surface area contributed by atoms with Crippen LogP contribution in [0, 0.1) is 0 Å². The first kappa shape index (κ1) is 20.4. The molecule has 6 heteroatoms. The van der Waals surface area contributed by atoms with Gasteiger partial charge in [-0.15, -0.1) is 0 Å². The van der Waals surface area contributed by atoms with Crippen LogP contribution in [-0.4, -0.2) is 49.3 Å². The van der Waals surface area contributed by atoms with Crippen LogP contribution in [0.25, 0.3) is 32.8 Å². The maximum Gasteiger partial charge on any atom is 0.240 e. The minimum atomic E-state index is 0. The number of hydrogen-bond acceptors (Lipinski definition) is 3. The summed E-state index contributed by atoms with van der Waals surface area (Å²) in [4.78, 5) is 6.15. The number of aryl methyl sites for hydroxylation is 1. The zero-order valence-corrected chi connectivity index (χ0v) is 18.9. The Bertz CT molecular complexity index is 1130. The number of pyridine rings is 1. The van der Waals surface area contributed by atoms with Crippen molar-refractivity contribution in [3.63, 3.8) is 0 Å². The molecule has 1 aliphatic rings. The average molecular weight is 502 g/mol. The largest absolute Gasteiger partial charge is 1.00 e. The Morgan fingerprint density at radius 3 is 2.59 bits per heavy atom. The van der Waals surface area contributed by atoms with Crippen molar-refractivity contribution in [1.29, 1.82) is 0 Å². The molecule has 0 unspecified atom stereocenters. The second-order valence-corrected chi connectivity index (χ2v) is 7.58. The number of anilines is 1. The van der Waals surface area contributed by atoms with Crippen molar-refractivity contribution >= 4 is 38.5 Å². The Kier molecular flexibility index (Phi) is 6.22. The molecule has 0 amide bonds. The lowest BCUT2D eigenvalue weighted by Crippen LogP contribution is -3.00. The molecular formula is C23H27IN4O. The minimum absolute atomic E-state index is 0. The van der Waals surface area contributed by atoms with Gasteiger partial charge in [0.1, 0.15) is 12.6 Å². The number of fused-ring (bicyclic) bond motifs is 4. The maximum absolute atomic E-state index is 5.45. The van der Waals surface area contributed by atoms with Crippen LogP contribution in [-0.2, 0) is 11.8 Å². The molecule has 3 heterocycles. The lowest BCUT2D eigenvalue weighted by molar-refractivity contribution is -0.616. The molecule has 0 atom stereocenters. The first-order valence-corrected chi connectivity index (χ1v) is 10.2. The predicted octanol–water partition coefficient (Wildman–Crippen LogP) is 0.437. The van der Waals surface area contributed by atoms with Gasteiger partial charge in [0.2, 0.25) is 11.0 Å². The van der Waals surface area contributed by atoms with E-state index in [1.165, 1.54) is 38.5 Å². The van der Waals surface area contributed by atoms with E-state index < -0.39 is 0 Å². The highest BCUT2D eigenvalue weighted by atomic mass is 127. The van der Waals surface area contributed by atoms with Crippen LogP contribution in [0.3, 0.4) is 0 Å². The molecule has 5 rings (SSSR count). The van der Waals surface area contributed by atoms with Crippen molar-refractivity contribution in [2.75, 3.05) is 44.7 Å². The lowest BCUT2D eigenvalue weighted by Gasteiger charge is -2.26. The molecule has 2 N–H and O–H groups in total. The van der Waals surface area contributed by atoms with Gasteiger partial charge in [0.05, 0.1) is 35.2 Å². The molecule has 0 aliphatic carbocycles. The molecule has 152 valence electrons. The summed E-state index contributed by atoms with van der Waals surface area (Å²) in [6.45, 7) is 5.91. The number of aromatic amines is 1. The van der Waals surface area contributed by atoms with Gasteiger partial charge < -0.3 is 39.0 Å². The monoisotopic (exact) mass is 502 g/mol. The molecule has 1 aliphatic heterocycles. The summed E-state index contributed by atoms with van der Waals surface area (Å²) in [5.41, 5.74) is 6.08. The second-order valence-electron chi connectivity index (χ2n) is 7.58. The molecule has 0 saturated carbocycles. The molecule has 4 aromatic rings. The summed E-state index contributed by atoms with van der Waals surface area (Å²) >= 11 is 0. The number of rotatable bonds is 5. The van der Waals surface area contributed by atoms with Crippen molar-refractivity contribution in [3.05, 3.63) is 48.5 Å². The third-order valence-electron chi connectivity index (χ3n) is 5.86. The highest BCUT2D eigenvalue weighted by molar-refractivity contribution is 6.13. The van der Waals surface area contributed by atoms with Crippen LogP contribution in [0.4, 0.5) is 5.69 Å². The van der Waals surface area contributed by atoms with Crippen LogP contribution >= 0.6 is 0 Å². The van der Waals surface area contributed by atoms with Crippen LogP contribution in [0.5, 0.6) is 0 Å². The zero-order chi connectivity index (χ0) is 18.9. The highest BCUT2D eigenvalue weighted by Gasteiger charge is 2.22. The fourth-order valence-corrected chi connectivity index (χ4v) is 4.41. The fraction of sp³-hybridized carbons (Fsp3) is 0.348. The molecule has 5 nitrogen and oxygen atoms in total. The highest BCUT2D eigenvalue weighted by Crippen LogP contribution is 2.33. The van der Waals surface area contributed by atoms with Crippen LogP contribution < -0.4 is 33.9 Å². The molecular weight excluding hydrogens is 475 g/mol. The standard InChI is InChI=1S/C23H26N4O.HI/c1-26-20-10-5-3-8-18(20)21(24-11-6-12-27-13-15-28-16-14-27)22-23(26)17-7-2-4-9-19(17)25-22;/h2-5,7-10H,6,11-16H2,1H3,(H,24,25);1H. The molecule has 2 aromatic heterocycles. The van der Waals surface area contributed by atoms with Gasteiger partial charge in [-0.3, -0.25) is 4.90 Å². The summed E-state index contributed by atoms with van der Waals surface area (Å²) in [6, 6.07) is 17.2. The number of nitrogens with one attached hydrogen (secondary N) is 2. The van der Waals surface area contributed by atoms with Gasteiger partial charge in [0, 0.05) is 25.7 Å². The molecule has 2 aromatic carbocycles. The van der Waals surface area contributed by atoms with E-state index in [2.05, 4.69) is 75.3 Å². The third kappa shape index (κ3) is 3.81. The first-order valence-electron chi connectivity index (χ1n) is 10.2. The molecule has 29 heavy (non-hydrogen) atoms. The summed E-state index contributed by atoms with van der Waals surface area (Å²) in [5.74, 6) is 0. The molecule has 1 saturated heterocycles. The molecule has 0 radical (unpaired) electrons. The average Bonchev–Trinajstić information content (AvgIpc) is 3.13. The third-order valence-corrected chi connectivity index (χ3v) is 5.86. The van der Waals surface area contributed by atoms with Gasteiger partial charge in [0.25, 0.3) is 0 Å². The number of aromatic nitrogens is 2. The second kappa shape index (κ2) is 8.85. The normalized spacial score (nSPS) is 15.1. The molecule has 0 bridgehead atoms. The van der Waals surface area contributed by atoms with E-state index in [1.54, 1.807) is 0 Å². The minimum Gasteiger partial charge on any atom is -1.00 e. The number of morpholine rings is 1. The van der Waals surface area contributed by atoms with Crippen LogP contribution in [0.2, 0.25) is 0 Å². The van der Waals surface area contributed by atoms with Gasteiger partial charge in [0.15, 0.2) is 0 Å². The van der Waals surface area contributed by atoms with E-state index >= 15 is 0 Å². The predicted molar refractivity (Wildman–Crippen MR) is 115 cm³/mol. The number of halogens is 1. The summed E-state index contributed by atoms with van der Waals surface area (Å²) in [5, 5.41) is 6.28. The summed E-state index contributed by atoms with van der Waals surface area (Å²) < 4.78 is 7.76. The van der Waals surface area contributed by atoms with E-state index in [9.17, 15) is 0 Å². The maximum atomic E-state index is 5.45. The van der Waals surface area contributed by atoms with E-state index in [4.69, 9.17) is 4.74 Å². The Labute approximate surface area is 188 Å². The Balaban J connectivity index is 0.00000205. The Morgan fingerprint density at radius 2 is 1.76 bits per heavy atom. The quantitative estimate of drug-likeness (QED) is 0.237. The SMILES string of the molecule is C[n+]1c2ccccc2c(NCCCN2CCOCC2)c2[nH]c3ccccc3c21.[I-]. The zero-order valence-electron chi connectivity index (χ0n) is 16.7. The van der Waals surface area contributed by atoms with Gasteiger partial charge >= 0.3 is 0 Å².